The van der Waals surface area contributed by atoms with Gasteiger partial charge in [0.2, 0.25) is 5.43 Å². The molecule has 1 aromatic carbocycles. The molecule has 0 aliphatic carbocycles. The van der Waals surface area contributed by atoms with Gasteiger partial charge in [-0.15, -0.1) is 11.3 Å². The van der Waals surface area contributed by atoms with Gasteiger partial charge in [-0.1, -0.05) is 13.3 Å². The molecule has 0 saturated carbocycles. The van der Waals surface area contributed by atoms with Crippen LogP contribution in [-0.4, -0.2) is 28.1 Å². The van der Waals surface area contributed by atoms with Crippen molar-refractivity contribution in [2.24, 2.45) is 0 Å². The third-order valence-electron chi connectivity index (χ3n) is 5.27. The molecular formula is C21H24N2O3S. The lowest BCUT2D eigenvalue weighted by molar-refractivity contribution is 0.218. The maximum absolute atomic E-state index is 13.2. The topological polar surface area (TPSA) is 66.6 Å². The predicted molar refractivity (Wildman–Crippen MR) is 108 cm³/mol. The van der Waals surface area contributed by atoms with Crippen molar-refractivity contribution in [3.8, 4) is 16.3 Å². The molecule has 4 rings (SSSR count). The van der Waals surface area contributed by atoms with Crippen molar-refractivity contribution in [3.05, 3.63) is 44.8 Å². The molecule has 0 unspecified atom stereocenters. The Kier molecular flexibility index (Phi) is 5.02. The number of hydrogen-bond donors (Lipinski definition) is 1. The van der Waals surface area contributed by atoms with Crippen LogP contribution in [0.25, 0.3) is 21.5 Å². The fourth-order valence-electron chi connectivity index (χ4n) is 3.78. The second-order valence-electron chi connectivity index (χ2n) is 7.18. The van der Waals surface area contributed by atoms with Crippen LogP contribution in [0.4, 0.5) is 0 Å². The minimum Gasteiger partial charge on any atom is -0.507 e. The number of piperidine rings is 1. The average molecular weight is 385 g/mol. The number of benzene rings is 1. The Bertz CT molecular complexity index is 1030. The Hall–Kier alpha value is -2.18. The average Bonchev–Trinajstić information content (AvgIpc) is 3.11. The van der Waals surface area contributed by atoms with E-state index in [1.165, 1.54) is 36.9 Å². The number of phenolic OH excluding ortho intramolecular Hbond substituents is 1. The quantitative estimate of drug-likeness (QED) is 0.718. The number of thiazole rings is 1. The molecule has 27 heavy (non-hydrogen) atoms. The molecule has 2 aromatic heterocycles. The highest BCUT2D eigenvalue weighted by Gasteiger charge is 2.21. The van der Waals surface area contributed by atoms with Crippen molar-refractivity contribution < 1.29 is 9.52 Å². The summed E-state index contributed by atoms with van der Waals surface area (Å²) < 4.78 is 5.92. The zero-order valence-corrected chi connectivity index (χ0v) is 16.6. The van der Waals surface area contributed by atoms with Crippen molar-refractivity contribution in [3.63, 3.8) is 0 Å². The number of aryl methyl sites for hydroxylation is 2. The van der Waals surface area contributed by atoms with Crippen molar-refractivity contribution in [1.82, 2.24) is 9.88 Å². The van der Waals surface area contributed by atoms with E-state index >= 15 is 0 Å². The highest BCUT2D eigenvalue weighted by atomic mass is 32.1. The second-order valence-corrected chi connectivity index (χ2v) is 8.42. The summed E-state index contributed by atoms with van der Waals surface area (Å²) in [5, 5.41) is 12.0. The van der Waals surface area contributed by atoms with E-state index in [0.717, 1.165) is 29.1 Å². The Balaban J connectivity index is 1.87. The van der Waals surface area contributed by atoms with E-state index in [1.54, 1.807) is 12.3 Å². The molecule has 0 bridgehead atoms. The fourth-order valence-corrected chi connectivity index (χ4v) is 4.54. The number of nitrogens with zero attached hydrogens (tertiary/aromatic N) is 2. The molecule has 0 amide bonds. The molecule has 0 radical (unpaired) electrons. The number of aromatic nitrogens is 1. The SMILES string of the molecule is CCc1cc2c(=O)c(-c3ncc(C)s3)coc2c(CN2CCCCC2)c1O. The Morgan fingerprint density at radius 3 is 2.74 bits per heavy atom. The standard InChI is InChI=1S/C21H24N2O3S/c1-3-14-9-15-19(25)17(21-22-10-13(2)27-21)12-26-20(15)16(18(14)24)11-23-7-5-4-6-8-23/h9-10,12,24H,3-8,11H2,1-2H3. The number of phenols is 1. The molecule has 1 N–H and O–H groups in total. The predicted octanol–water partition coefficient (Wildman–Crippen LogP) is 4.48. The minimum absolute atomic E-state index is 0.0832. The van der Waals surface area contributed by atoms with Crippen molar-refractivity contribution >= 4 is 22.3 Å². The zero-order chi connectivity index (χ0) is 19.0. The van der Waals surface area contributed by atoms with Crippen LogP contribution in [0, 0.1) is 6.92 Å². The van der Waals surface area contributed by atoms with Crippen LogP contribution in [-0.2, 0) is 13.0 Å². The van der Waals surface area contributed by atoms with Gasteiger partial charge in [-0.3, -0.25) is 9.69 Å². The zero-order valence-electron chi connectivity index (χ0n) is 15.7. The van der Waals surface area contributed by atoms with Gasteiger partial charge in [0.05, 0.1) is 16.5 Å². The van der Waals surface area contributed by atoms with Crippen LogP contribution in [0.2, 0.25) is 0 Å². The van der Waals surface area contributed by atoms with Crippen LogP contribution in [0.3, 0.4) is 0 Å². The van der Waals surface area contributed by atoms with Gasteiger partial charge in [0.15, 0.2) is 0 Å². The van der Waals surface area contributed by atoms with Crippen LogP contribution in [0.5, 0.6) is 5.75 Å². The normalized spacial score (nSPS) is 15.5. The van der Waals surface area contributed by atoms with Crippen LogP contribution in [0.1, 0.15) is 42.2 Å². The molecule has 6 heteroatoms. The third kappa shape index (κ3) is 3.39. The first-order valence-electron chi connectivity index (χ1n) is 9.53. The smallest absolute Gasteiger partial charge is 0.202 e. The van der Waals surface area contributed by atoms with E-state index in [1.807, 2.05) is 13.8 Å². The highest BCUT2D eigenvalue weighted by molar-refractivity contribution is 7.14. The van der Waals surface area contributed by atoms with Crippen molar-refractivity contribution in [1.29, 1.82) is 0 Å². The summed E-state index contributed by atoms with van der Waals surface area (Å²) in [5.74, 6) is 0.261. The molecule has 142 valence electrons. The first kappa shape index (κ1) is 18.2. The number of aromatic hydroxyl groups is 1. The summed E-state index contributed by atoms with van der Waals surface area (Å²) in [5.41, 5.74) is 2.41. The first-order chi connectivity index (χ1) is 13.1. The van der Waals surface area contributed by atoms with Gasteiger partial charge in [-0.2, -0.15) is 0 Å². The molecule has 0 spiro atoms. The lowest BCUT2D eigenvalue weighted by Crippen LogP contribution is -2.29. The van der Waals surface area contributed by atoms with E-state index in [4.69, 9.17) is 4.42 Å². The molecule has 5 nitrogen and oxygen atoms in total. The molecule has 3 heterocycles. The van der Waals surface area contributed by atoms with E-state index in [-0.39, 0.29) is 11.2 Å². The maximum atomic E-state index is 13.2. The van der Waals surface area contributed by atoms with E-state index < -0.39 is 0 Å². The number of hydrogen-bond acceptors (Lipinski definition) is 6. The summed E-state index contributed by atoms with van der Waals surface area (Å²) in [4.78, 5) is 20.9. The van der Waals surface area contributed by atoms with E-state index in [2.05, 4.69) is 9.88 Å². The van der Waals surface area contributed by atoms with Gasteiger partial charge >= 0.3 is 0 Å². The molecule has 1 saturated heterocycles. The number of fused-ring (bicyclic) bond motifs is 1. The summed E-state index contributed by atoms with van der Waals surface area (Å²) in [6.45, 7) is 6.58. The molecule has 3 aromatic rings. The van der Waals surface area contributed by atoms with Crippen molar-refractivity contribution in [2.45, 2.75) is 46.1 Å². The van der Waals surface area contributed by atoms with Gasteiger partial charge in [-0.05, 0) is 50.9 Å². The van der Waals surface area contributed by atoms with Gasteiger partial charge in [-0.25, -0.2) is 4.98 Å². The first-order valence-corrected chi connectivity index (χ1v) is 10.3. The third-order valence-corrected chi connectivity index (χ3v) is 6.22. The monoisotopic (exact) mass is 384 g/mol. The molecule has 1 fully saturated rings. The van der Waals surface area contributed by atoms with Gasteiger partial charge < -0.3 is 9.52 Å². The summed E-state index contributed by atoms with van der Waals surface area (Å²) >= 11 is 1.48. The molecule has 1 aliphatic rings. The van der Waals surface area contributed by atoms with Crippen molar-refractivity contribution in [2.75, 3.05) is 13.1 Å². The summed E-state index contributed by atoms with van der Waals surface area (Å²) in [7, 11) is 0. The van der Waals surface area contributed by atoms with E-state index in [9.17, 15) is 9.90 Å². The fraction of sp³-hybridized carbons (Fsp3) is 0.429. The lowest BCUT2D eigenvalue weighted by atomic mass is 10.00. The van der Waals surface area contributed by atoms with Crippen LogP contribution < -0.4 is 5.43 Å². The number of rotatable bonds is 4. The van der Waals surface area contributed by atoms with Crippen LogP contribution in [0.15, 0.2) is 27.7 Å². The Morgan fingerprint density at radius 2 is 2.07 bits per heavy atom. The molecule has 0 atom stereocenters. The molecule has 1 aliphatic heterocycles. The van der Waals surface area contributed by atoms with Gasteiger partial charge in [0, 0.05) is 17.6 Å². The van der Waals surface area contributed by atoms with Gasteiger partial charge in [0.1, 0.15) is 22.6 Å². The summed E-state index contributed by atoms with van der Waals surface area (Å²) in [6, 6.07) is 1.78. The molecular weight excluding hydrogens is 360 g/mol. The second kappa shape index (κ2) is 7.44. The Morgan fingerprint density at radius 1 is 1.30 bits per heavy atom. The lowest BCUT2D eigenvalue weighted by Gasteiger charge is -2.27. The number of likely N-dealkylation sites (tertiary alicyclic amines) is 1. The maximum Gasteiger partial charge on any atom is 0.202 e. The largest absolute Gasteiger partial charge is 0.507 e. The highest BCUT2D eigenvalue weighted by Crippen LogP contribution is 2.34. The van der Waals surface area contributed by atoms with Gasteiger partial charge in [0.25, 0.3) is 0 Å². The minimum atomic E-state index is -0.0832. The van der Waals surface area contributed by atoms with E-state index in [0.29, 0.717) is 34.5 Å². The summed E-state index contributed by atoms with van der Waals surface area (Å²) in [6.07, 6.45) is 7.51. The Labute approximate surface area is 162 Å². The van der Waals surface area contributed by atoms with Crippen LogP contribution >= 0.6 is 11.3 Å².